The summed E-state index contributed by atoms with van der Waals surface area (Å²) in [6, 6.07) is 5.17. The third kappa shape index (κ3) is 3.53. The van der Waals surface area contributed by atoms with E-state index in [9.17, 15) is 27.6 Å². The van der Waals surface area contributed by atoms with Crippen molar-refractivity contribution in [3.63, 3.8) is 0 Å². The summed E-state index contributed by atoms with van der Waals surface area (Å²) in [5.74, 6) is -3.92. The maximum atomic E-state index is 14.6. The Morgan fingerprint density at radius 2 is 1.77 bits per heavy atom. The fourth-order valence-corrected chi connectivity index (χ4v) is 4.36. The molecule has 1 fully saturated rings. The number of carbonyl (C=O) groups is 3. The van der Waals surface area contributed by atoms with Crippen molar-refractivity contribution in [3.05, 3.63) is 41.1 Å². The summed E-state index contributed by atoms with van der Waals surface area (Å²) in [5, 5.41) is 1.83. The van der Waals surface area contributed by atoms with Crippen molar-refractivity contribution >= 4 is 17.8 Å². The number of hydrogen-bond acceptors (Lipinski definition) is 5. The molecule has 1 aromatic carbocycles. The molecule has 10 heteroatoms. The van der Waals surface area contributed by atoms with E-state index < -0.39 is 41.1 Å². The van der Waals surface area contributed by atoms with Crippen LogP contribution in [0.2, 0.25) is 0 Å². The van der Waals surface area contributed by atoms with Crippen LogP contribution in [-0.4, -0.2) is 54.7 Å². The molecule has 1 atom stereocenters. The van der Waals surface area contributed by atoms with Gasteiger partial charge in [-0.15, -0.1) is 0 Å². The number of alkyl halides is 3. The highest BCUT2D eigenvalue weighted by Crippen LogP contribution is 2.47. The van der Waals surface area contributed by atoms with Gasteiger partial charge in [-0.3, -0.25) is 9.59 Å². The van der Waals surface area contributed by atoms with E-state index in [-0.39, 0.29) is 17.0 Å². The summed E-state index contributed by atoms with van der Waals surface area (Å²) >= 11 is 0. The Hall–Kier alpha value is -3.04. The second-order valence-electron chi connectivity index (χ2n) is 7.47. The number of benzene rings is 1. The van der Waals surface area contributed by atoms with Gasteiger partial charge in [0, 0.05) is 11.7 Å². The quantitative estimate of drug-likeness (QED) is 0.712. The number of amides is 2. The van der Waals surface area contributed by atoms with E-state index in [1.54, 1.807) is 6.07 Å². The molecule has 2 aliphatic rings. The molecule has 0 saturated heterocycles. The van der Waals surface area contributed by atoms with Gasteiger partial charge in [-0.05, 0) is 31.9 Å². The molecule has 1 heterocycles. The number of ether oxygens (including phenoxy) is 2. The Bertz CT molecular complexity index is 937. The van der Waals surface area contributed by atoms with E-state index >= 15 is 0 Å². The lowest BCUT2D eigenvalue weighted by molar-refractivity contribution is -0.192. The van der Waals surface area contributed by atoms with Crippen molar-refractivity contribution in [2.45, 2.75) is 50.4 Å². The number of esters is 1. The van der Waals surface area contributed by atoms with Gasteiger partial charge >= 0.3 is 12.1 Å². The normalized spacial score (nSPS) is 22.1. The van der Waals surface area contributed by atoms with Crippen molar-refractivity contribution < 1.29 is 37.0 Å². The van der Waals surface area contributed by atoms with Crippen molar-refractivity contribution in [2.24, 2.45) is 0 Å². The zero-order valence-electron chi connectivity index (χ0n) is 17.3. The highest BCUT2D eigenvalue weighted by Gasteiger charge is 2.71. The molecule has 1 aliphatic heterocycles. The first-order valence-corrected chi connectivity index (χ1v) is 9.75. The highest BCUT2D eigenvalue weighted by molar-refractivity contribution is 6.12. The van der Waals surface area contributed by atoms with Crippen LogP contribution in [0.1, 0.15) is 43.0 Å². The van der Waals surface area contributed by atoms with Gasteiger partial charge < -0.3 is 19.7 Å². The Labute approximate surface area is 177 Å². The molecule has 1 aromatic rings. The molecular formula is C21H23F3N2O5. The van der Waals surface area contributed by atoms with Gasteiger partial charge in [0.05, 0.1) is 19.8 Å². The minimum Gasteiger partial charge on any atom is -0.496 e. The van der Waals surface area contributed by atoms with E-state index in [1.165, 1.54) is 32.2 Å². The highest BCUT2D eigenvalue weighted by atomic mass is 19.4. The van der Waals surface area contributed by atoms with Crippen LogP contribution < -0.4 is 10.1 Å². The van der Waals surface area contributed by atoms with Crippen LogP contribution in [0.25, 0.3) is 0 Å². The lowest BCUT2D eigenvalue weighted by atomic mass is 9.88. The molecular weight excluding hydrogens is 417 g/mol. The van der Waals surface area contributed by atoms with E-state index in [0.29, 0.717) is 12.8 Å². The molecule has 2 amide bonds. The van der Waals surface area contributed by atoms with E-state index in [4.69, 9.17) is 4.74 Å². The fraction of sp³-hybridized carbons (Fsp3) is 0.476. The minimum atomic E-state index is -5.31. The van der Waals surface area contributed by atoms with Crippen LogP contribution in [0, 0.1) is 0 Å². The number of rotatable bonds is 5. The number of nitrogens with one attached hydrogen (secondary N) is 1. The second-order valence-corrected chi connectivity index (χ2v) is 7.47. The summed E-state index contributed by atoms with van der Waals surface area (Å²) in [4.78, 5) is 39.8. The third-order valence-corrected chi connectivity index (χ3v) is 5.79. The Balaban J connectivity index is 2.17. The maximum Gasteiger partial charge on any atom is 0.425 e. The molecule has 1 unspecified atom stereocenters. The average molecular weight is 440 g/mol. The standard InChI is InChI=1S/C21H23F3N2O5/c1-12-16(18(28)31-3)20(21(22,23)24,19(29)26(12)13-8-4-5-9-13)25-17(27)14-10-6-7-11-15(14)30-2/h6-7,10-11,13H,4-5,8-9H2,1-3H3,(H,25,27). The number of methoxy groups -OCH3 is 2. The van der Waals surface area contributed by atoms with Gasteiger partial charge in [0.25, 0.3) is 17.4 Å². The largest absolute Gasteiger partial charge is 0.496 e. The molecule has 1 saturated carbocycles. The molecule has 0 bridgehead atoms. The summed E-state index contributed by atoms with van der Waals surface area (Å²) in [6.45, 7) is 1.27. The Kier molecular flexibility index (Phi) is 6.02. The van der Waals surface area contributed by atoms with Gasteiger partial charge in [-0.2, -0.15) is 13.2 Å². The summed E-state index contributed by atoms with van der Waals surface area (Å²) in [5.41, 5.74) is -4.86. The first-order chi connectivity index (χ1) is 14.6. The predicted molar refractivity (Wildman–Crippen MR) is 103 cm³/mol. The molecule has 0 aromatic heterocycles. The molecule has 1 N–H and O–H groups in total. The average Bonchev–Trinajstić information content (AvgIpc) is 3.32. The predicted octanol–water partition coefficient (Wildman–Crippen LogP) is 2.96. The molecule has 1 aliphatic carbocycles. The fourth-order valence-electron chi connectivity index (χ4n) is 4.36. The van der Waals surface area contributed by atoms with Crippen molar-refractivity contribution in [3.8, 4) is 5.75 Å². The summed E-state index contributed by atoms with van der Waals surface area (Å²) < 4.78 is 53.4. The van der Waals surface area contributed by atoms with Crippen molar-refractivity contribution in [2.75, 3.05) is 14.2 Å². The summed E-state index contributed by atoms with van der Waals surface area (Å²) in [7, 11) is 2.19. The molecule has 3 rings (SSSR count). The number of allylic oxidation sites excluding steroid dienone is 1. The lowest BCUT2D eigenvalue weighted by Gasteiger charge is -2.34. The molecule has 168 valence electrons. The van der Waals surface area contributed by atoms with E-state index in [0.717, 1.165) is 24.9 Å². The number of halogens is 3. The number of nitrogens with zero attached hydrogens (tertiary/aromatic N) is 1. The van der Waals surface area contributed by atoms with Crippen molar-refractivity contribution in [1.29, 1.82) is 0 Å². The summed E-state index contributed by atoms with van der Waals surface area (Å²) in [6.07, 6.45) is -2.79. The van der Waals surface area contributed by atoms with Crippen LogP contribution in [0.15, 0.2) is 35.5 Å². The molecule has 7 nitrogen and oxygen atoms in total. The zero-order valence-corrected chi connectivity index (χ0v) is 17.3. The lowest BCUT2D eigenvalue weighted by Crippen LogP contribution is -2.66. The van der Waals surface area contributed by atoms with Gasteiger partial charge in [-0.25, -0.2) is 4.79 Å². The smallest absolute Gasteiger partial charge is 0.425 e. The van der Waals surface area contributed by atoms with E-state index in [2.05, 4.69) is 4.74 Å². The number of hydrogen-bond donors (Lipinski definition) is 1. The van der Waals surface area contributed by atoms with Crippen molar-refractivity contribution in [1.82, 2.24) is 10.2 Å². The van der Waals surface area contributed by atoms with Crippen LogP contribution in [-0.2, 0) is 14.3 Å². The molecule has 0 radical (unpaired) electrons. The molecule has 31 heavy (non-hydrogen) atoms. The monoisotopic (exact) mass is 440 g/mol. The third-order valence-electron chi connectivity index (χ3n) is 5.79. The van der Waals surface area contributed by atoms with Gasteiger partial charge in [0.1, 0.15) is 11.3 Å². The second kappa shape index (κ2) is 8.24. The van der Waals surface area contributed by atoms with Crippen LogP contribution in [0.3, 0.4) is 0 Å². The first kappa shape index (κ1) is 22.6. The SMILES string of the molecule is COC(=O)C1=C(C)N(C2CCCC2)C(=O)C1(NC(=O)c1ccccc1OC)C(F)(F)F. The number of para-hydroxylation sites is 1. The first-order valence-electron chi connectivity index (χ1n) is 9.75. The van der Waals surface area contributed by atoms with Crippen LogP contribution >= 0.6 is 0 Å². The van der Waals surface area contributed by atoms with Gasteiger partial charge in [-0.1, -0.05) is 25.0 Å². The number of carbonyl (C=O) groups excluding carboxylic acids is 3. The Morgan fingerprint density at radius 3 is 2.32 bits per heavy atom. The van der Waals surface area contributed by atoms with Gasteiger partial charge in [0.2, 0.25) is 0 Å². The minimum absolute atomic E-state index is 0.0238. The molecule has 0 spiro atoms. The van der Waals surface area contributed by atoms with Crippen LogP contribution in [0.4, 0.5) is 13.2 Å². The zero-order chi connectivity index (χ0) is 23.0. The Morgan fingerprint density at radius 1 is 1.16 bits per heavy atom. The topological polar surface area (TPSA) is 84.9 Å². The van der Waals surface area contributed by atoms with Gasteiger partial charge in [0.15, 0.2) is 0 Å². The van der Waals surface area contributed by atoms with E-state index in [1.807, 2.05) is 5.32 Å². The van der Waals surface area contributed by atoms with Crippen LogP contribution in [0.5, 0.6) is 5.75 Å². The maximum absolute atomic E-state index is 14.6.